The van der Waals surface area contributed by atoms with Crippen molar-refractivity contribution in [2.45, 2.75) is 13.8 Å². The Labute approximate surface area is 61.4 Å². The normalized spacial score (nSPS) is 6.60. The van der Waals surface area contributed by atoms with Crippen molar-refractivity contribution in [1.82, 2.24) is 0 Å². The zero-order valence-electron chi connectivity index (χ0n) is 6.33. The number of benzene rings is 1. The molecule has 0 saturated carbocycles. The number of rotatable bonds is 0. The Bertz CT molecular complexity index is 137. The smallest absolute Gasteiger partial charge is 0.115 e. The Morgan fingerprint density at radius 1 is 1.00 bits per heavy atom. The maximum Gasteiger partial charge on any atom is 0.115 e. The van der Waals surface area contributed by atoms with E-state index in [0.29, 0.717) is 5.75 Å². The maximum absolute atomic E-state index is 8.63. The second kappa shape index (κ2) is 7.98. The van der Waals surface area contributed by atoms with Crippen molar-refractivity contribution in [3.63, 3.8) is 0 Å². The summed E-state index contributed by atoms with van der Waals surface area (Å²) in [6.07, 6.45) is 0. The fourth-order valence-corrected chi connectivity index (χ4v) is 0.428. The number of aromatic hydroxyl groups is 1. The first-order valence-corrected chi connectivity index (χ1v) is 3.13. The molecule has 1 aromatic carbocycles. The molecule has 0 aliphatic heterocycles. The molecule has 0 bridgehead atoms. The molecule has 3 N–H and O–H groups in total. The van der Waals surface area contributed by atoms with E-state index in [1.54, 1.807) is 24.3 Å². The third kappa shape index (κ3) is 5.12. The summed E-state index contributed by atoms with van der Waals surface area (Å²) in [4.78, 5) is 0. The summed E-state index contributed by atoms with van der Waals surface area (Å²) >= 11 is 0. The average Bonchev–Trinajstić information content (AvgIpc) is 1.94. The van der Waals surface area contributed by atoms with Crippen molar-refractivity contribution in [3.8, 4) is 5.75 Å². The van der Waals surface area contributed by atoms with E-state index in [2.05, 4.69) is 0 Å². The Morgan fingerprint density at radius 2 is 1.40 bits per heavy atom. The van der Waals surface area contributed by atoms with E-state index in [-0.39, 0.29) is 5.48 Å². The molecular weight excluding hydrogens is 128 g/mol. The summed E-state index contributed by atoms with van der Waals surface area (Å²) in [6.45, 7) is 4.00. The Hall–Kier alpha value is -1.02. The van der Waals surface area contributed by atoms with Gasteiger partial charge in [0.1, 0.15) is 5.75 Å². The van der Waals surface area contributed by atoms with E-state index in [9.17, 15) is 0 Å². The minimum absolute atomic E-state index is 0. The van der Waals surface area contributed by atoms with E-state index in [1.807, 2.05) is 19.9 Å². The highest BCUT2D eigenvalue weighted by Gasteiger charge is 1.74. The van der Waals surface area contributed by atoms with Gasteiger partial charge in [0.05, 0.1) is 0 Å². The van der Waals surface area contributed by atoms with Gasteiger partial charge in [0.25, 0.3) is 0 Å². The highest BCUT2D eigenvalue weighted by atomic mass is 16.3. The van der Waals surface area contributed by atoms with Crippen LogP contribution in [0.25, 0.3) is 0 Å². The van der Waals surface area contributed by atoms with E-state index >= 15 is 0 Å². The molecule has 58 valence electrons. The first-order valence-electron chi connectivity index (χ1n) is 3.13. The van der Waals surface area contributed by atoms with Gasteiger partial charge in [0, 0.05) is 0 Å². The number of phenols is 1. The van der Waals surface area contributed by atoms with Crippen LogP contribution in [0.3, 0.4) is 0 Å². The fraction of sp³-hybridized carbons (Fsp3) is 0.250. The van der Waals surface area contributed by atoms with Crippen LogP contribution in [0.4, 0.5) is 0 Å². The molecule has 2 heteroatoms. The molecule has 0 aliphatic carbocycles. The summed E-state index contributed by atoms with van der Waals surface area (Å²) in [7, 11) is 0. The molecule has 0 spiro atoms. The highest BCUT2D eigenvalue weighted by Crippen LogP contribution is 2.02. The van der Waals surface area contributed by atoms with E-state index in [1.165, 1.54) is 0 Å². The number of para-hydroxylation sites is 1. The first kappa shape index (κ1) is 11.7. The van der Waals surface area contributed by atoms with Gasteiger partial charge >= 0.3 is 0 Å². The standard InChI is InChI=1S/C6H6O.C2H6.H2O/c7-6-4-2-1-3-5-6;1-2;/h1-5,7H;1-2H3;1H2. The molecule has 0 aliphatic rings. The van der Waals surface area contributed by atoms with Crippen molar-refractivity contribution < 1.29 is 10.6 Å². The lowest BCUT2D eigenvalue weighted by Crippen LogP contribution is -1.56. The molecule has 0 saturated heterocycles. The van der Waals surface area contributed by atoms with Crippen LogP contribution in [-0.4, -0.2) is 10.6 Å². The van der Waals surface area contributed by atoms with Crippen molar-refractivity contribution in [3.05, 3.63) is 30.3 Å². The predicted octanol–water partition coefficient (Wildman–Crippen LogP) is 1.59. The summed E-state index contributed by atoms with van der Waals surface area (Å²) in [5.74, 6) is 0.322. The minimum atomic E-state index is 0. The monoisotopic (exact) mass is 142 g/mol. The third-order valence-electron chi connectivity index (χ3n) is 0.756. The van der Waals surface area contributed by atoms with Crippen molar-refractivity contribution in [1.29, 1.82) is 0 Å². The average molecular weight is 142 g/mol. The van der Waals surface area contributed by atoms with Crippen LogP contribution in [0.5, 0.6) is 5.75 Å². The molecule has 2 nitrogen and oxygen atoms in total. The van der Waals surface area contributed by atoms with Crippen LogP contribution in [0.2, 0.25) is 0 Å². The molecule has 0 fully saturated rings. The van der Waals surface area contributed by atoms with Crippen LogP contribution in [-0.2, 0) is 0 Å². The topological polar surface area (TPSA) is 51.7 Å². The summed E-state index contributed by atoms with van der Waals surface area (Å²) in [6, 6.07) is 8.71. The lowest BCUT2D eigenvalue weighted by atomic mass is 10.3. The zero-order chi connectivity index (χ0) is 7.11. The number of phenolic OH excluding ortho intramolecular Hbond substituents is 1. The van der Waals surface area contributed by atoms with Crippen LogP contribution in [0, 0.1) is 0 Å². The third-order valence-corrected chi connectivity index (χ3v) is 0.756. The van der Waals surface area contributed by atoms with Gasteiger partial charge < -0.3 is 10.6 Å². The van der Waals surface area contributed by atoms with Gasteiger partial charge in [0.2, 0.25) is 0 Å². The van der Waals surface area contributed by atoms with Gasteiger partial charge in [-0.2, -0.15) is 0 Å². The fourth-order valence-electron chi connectivity index (χ4n) is 0.428. The molecule has 0 aromatic heterocycles. The molecule has 0 heterocycles. The van der Waals surface area contributed by atoms with Crippen LogP contribution in [0.15, 0.2) is 30.3 Å². The quantitative estimate of drug-likeness (QED) is 0.587. The lowest BCUT2D eigenvalue weighted by molar-refractivity contribution is 0.475. The SMILES string of the molecule is CC.O.Oc1ccccc1. The van der Waals surface area contributed by atoms with Crippen LogP contribution in [0.1, 0.15) is 13.8 Å². The van der Waals surface area contributed by atoms with Gasteiger partial charge in [-0.15, -0.1) is 0 Å². The second-order valence-corrected chi connectivity index (χ2v) is 1.34. The van der Waals surface area contributed by atoms with E-state index in [4.69, 9.17) is 5.11 Å². The molecule has 10 heavy (non-hydrogen) atoms. The largest absolute Gasteiger partial charge is 0.508 e. The molecule has 0 amide bonds. The van der Waals surface area contributed by atoms with Crippen molar-refractivity contribution in [2.75, 3.05) is 0 Å². The van der Waals surface area contributed by atoms with Gasteiger partial charge in [-0.1, -0.05) is 32.0 Å². The molecule has 0 radical (unpaired) electrons. The number of hydrogen-bond acceptors (Lipinski definition) is 1. The molecule has 1 aromatic rings. The van der Waals surface area contributed by atoms with Crippen molar-refractivity contribution >= 4 is 0 Å². The summed E-state index contributed by atoms with van der Waals surface area (Å²) in [5, 5.41) is 8.63. The van der Waals surface area contributed by atoms with Gasteiger partial charge in [-0.05, 0) is 12.1 Å². The van der Waals surface area contributed by atoms with Crippen LogP contribution >= 0.6 is 0 Å². The van der Waals surface area contributed by atoms with E-state index < -0.39 is 0 Å². The van der Waals surface area contributed by atoms with Crippen LogP contribution < -0.4 is 0 Å². The van der Waals surface area contributed by atoms with Gasteiger partial charge in [0.15, 0.2) is 0 Å². The highest BCUT2D eigenvalue weighted by molar-refractivity contribution is 5.18. The molecule has 0 unspecified atom stereocenters. The van der Waals surface area contributed by atoms with Gasteiger partial charge in [-0.3, -0.25) is 0 Å². The predicted molar refractivity (Wildman–Crippen MR) is 43.1 cm³/mol. The Balaban J connectivity index is 0. The van der Waals surface area contributed by atoms with Crippen molar-refractivity contribution in [2.24, 2.45) is 0 Å². The summed E-state index contributed by atoms with van der Waals surface area (Å²) < 4.78 is 0. The Kier molecular flexibility index (Phi) is 9.37. The minimum Gasteiger partial charge on any atom is -0.508 e. The zero-order valence-corrected chi connectivity index (χ0v) is 6.33. The lowest BCUT2D eigenvalue weighted by Gasteiger charge is -1.82. The molecular formula is C8H14O2. The van der Waals surface area contributed by atoms with E-state index in [0.717, 1.165) is 0 Å². The molecule has 1 rings (SSSR count). The van der Waals surface area contributed by atoms with Gasteiger partial charge in [-0.25, -0.2) is 0 Å². The second-order valence-electron chi connectivity index (χ2n) is 1.34. The first-order chi connectivity index (χ1) is 4.39. The maximum atomic E-state index is 8.63. The number of hydrogen-bond donors (Lipinski definition) is 1. The molecule has 0 atom stereocenters. The Morgan fingerprint density at radius 3 is 1.60 bits per heavy atom. The summed E-state index contributed by atoms with van der Waals surface area (Å²) in [5.41, 5.74) is 0.